The van der Waals surface area contributed by atoms with Crippen molar-refractivity contribution in [2.24, 2.45) is 5.92 Å². The molecular weight excluding hydrogens is 198 g/mol. The molecule has 0 aromatic heterocycles. The number of carbonyl (C=O) groups is 1. The van der Waals surface area contributed by atoms with E-state index in [2.05, 4.69) is 5.32 Å². The molecule has 1 saturated carbocycles. The highest BCUT2D eigenvalue weighted by Crippen LogP contribution is 2.27. The Morgan fingerprint density at radius 2 is 2.33 bits per heavy atom. The van der Waals surface area contributed by atoms with E-state index in [0.29, 0.717) is 19.6 Å². The zero-order valence-corrected chi connectivity index (χ0v) is 8.98. The minimum absolute atomic E-state index is 0.0808. The maximum absolute atomic E-state index is 10.7. The number of carboxylic acid groups (broad SMARTS) is 1. The van der Waals surface area contributed by atoms with Gasteiger partial charge in [-0.2, -0.15) is 0 Å². The molecule has 1 fully saturated rings. The van der Waals surface area contributed by atoms with Crippen LogP contribution in [0.5, 0.6) is 0 Å². The number of methoxy groups -OCH3 is 1. The smallest absolute Gasteiger partial charge is 0.308 e. The molecule has 3 atom stereocenters. The second-order valence-electron chi connectivity index (χ2n) is 3.98. The summed E-state index contributed by atoms with van der Waals surface area (Å²) in [5, 5.41) is 21.3. The van der Waals surface area contributed by atoms with Crippen LogP contribution in [-0.2, 0) is 9.53 Å². The third kappa shape index (κ3) is 3.77. The standard InChI is InChI=1S/C10H19NO4/c1-15-6-7(12)4-5-11-9-3-2-8(9)10(13)14/h7-9,11-12H,2-6H2,1H3,(H,13,14). The third-order valence-corrected chi connectivity index (χ3v) is 2.83. The molecule has 1 aliphatic carbocycles. The molecule has 0 saturated heterocycles. The number of aliphatic hydroxyl groups excluding tert-OH is 1. The van der Waals surface area contributed by atoms with Crippen molar-refractivity contribution >= 4 is 5.97 Å². The van der Waals surface area contributed by atoms with Gasteiger partial charge < -0.3 is 20.3 Å². The summed E-state index contributed by atoms with van der Waals surface area (Å²) < 4.78 is 4.79. The van der Waals surface area contributed by atoms with E-state index in [4.69, 9.17) is 9.84 Å². The first-order valence-corrected chi connectivity index (χ1v) is 5.28. The summed E-state index contributed by atoms with van der Waals surface area (Å²) in [6.07, 6.45) is 1.80. The molecule has 1 rings (SSSR count). The van der Waals surface area contributed by atoms with E-state index in [1.165, 1.54) is 0 Å². The summed E-state index contributed by atoms with van der Waals surface area (Å²) in [5.41, 5.74) is 0. The Balaban J connectivity index is 2.08. The first-order valence-electron chi connectivity index (χ1n) is 5.28. The first kappa shape index (κ1) is 12.4. The molecule has 0 bridgehead atoms. The van der Waals surface area contributed by atoms with Gasteiger partial charge in [-0.05, 0) is 25.8 Å². The van der Waals surface area contributed by atoms with E-state index in [1.54, 1.807) is 7.11 Å². The van der Waals surface area contributed by atoms with Crippen LogP contribution in [0.3, 0.4) is 0 Å². The lowest BCUT2D eigenvalue weighted by Gasteiger charge is -2.34. The molecule has 0 heterocycles. The normalized spacial score (nSPS) is 27.1. The van der Waals surface area contributed by atoms with Crippen molar-refractivity contribution in [1.82, 2.24) is 5.32 Å². The monoisotopic (exact) mass is 217 g/mol. The van der Waals surface area contributed by atoms with E-state index in [-0.39, 0.29) is 12.0 Å². The number of aliphatic hydroxyl groups is 1. The minimum atomic E-state index is -0.726. The van der Waals surface area contributed by atoms with Crippen molar-refractivity contribution in [1.29, 1.82) is 0 Å². The van der Waals surface area contributed by atoms with E-state index in [1.807, 2.05) is 0 Å². The van der Waals surface area contributed by atoms with Crippen LogP contribution in [-0.4, -0.2) is 48.6 Å². The van der Waals surface area contributed by atoms with Gasteiger partial charge in [0.25, 0.3) is 0 Å². The maximum Gasteiger partial charge on any atom is 0.308 e. The van der Waals surface area contributed by atoms with Crippen LogP contribution < -0.4 is 5.32 Å². The second kappa shape index (κ2) is 6.05. The van der Waals surface area contributed by atoms with Gasteiger partial charge in [-0.3, -0.25) is 4.79 Å². The average molecular weight is 217 g/mol. The third-order valence-electron chi connectivity index (χ3n) is 2.83. The fourth-order valence-corrected chi connectivity index (χ4v) is 1.75. The molecule has 3 N–H and O–H groups in total. The molecule has 5 heteroatoms. The van der Waals surface area contributed by atoms with Crippen LogP contribution in [0, 0.1) is 5.92 Å². The minimum Gasteiger partial charge on any atom is -0.481 e. The van der Waals surface area contributed by atoms with Gasteiger partial charge in [-0.1, -0.05) is 0 Å². The molecule has 88 valence electrons. The summed E-state index contributed by atoms with van der Waals surface area (Å²) in [7, 11) is 1.54. The van der Waals surface area contributed by atoms with E-state index >= 15 is 0 Å². The van der Waals surface area contributed by atoms with Gasteiger partial charge in [0.1, 0.15) is 0 Å². The number of hydrogen-bond acceptors (Lipinski definition) is 4. The van der Waals surface area contributed by atoms with Crippen molar-refractivity contribution in [3.05, 3.63) is 0 Å². The first-order chi connectivity index (χ1) is 7.15. The van der Waals surface area contributed by atoms with Gasteiger partial charge in [0.15, 0.2) is 0 Å². The predicted molar refractivity (Wildman–Crippen MR) is 54.7 cm³/mol. The quantitative estimate of drug-likeness (QED) is 0.552. The molecule has 0 aliphatic heterocycles. The molecule has 0 aromatic rings. The number of rotatable bonds is 7. The van der Waals surface area contributed by atoms with Crippen molar-refractivity contribution < 1.29 is 19.7 Å². The largest absolute Gasteiger partial charge is 0.481 e. The zero-order chi connectivity index (χ0) is 11.3. The fraction of sp³-hybridized carbons (Fsp3) is 0.900. The molecule has 3 unspecified atom stereocenters. The van der Waals surface area contributed by atoms with E-state index in [9.17, 15) is 9.90 Å². The molecule has 5 nitrogen and oxygen atoms in total. The highest BCUT2D eigenvalue weighted by Gasteiger charge is 2.35. The average Bonchev–Trinajstić information content (AvgIpc) is 2.09. The van der Waals surface area contributed by atoms with Crippen molar-refractivity contribution in [2.75, 3.05) is 20.3 Å². The van der Waals surface area contributed by atoms with E-state index < -0.39 is 12.1 Å². The van der Waals surface area contributed by atoms with Crippen molar-refractivity contribution in [2.45, 2.75) is 31.4 Å². The molecule has 0 aromatic carbocycles. The predicted octanol–water partition coefficient (Wildman–Crippen LogP) is -0.163. The van der Waals surface area contributed by atoms with Gasteiger partial charge in [0, 0.05) is 13.2 Å². The zero-order valence-electron chi connectivity index (χ0n) is 8.98. The molecule has 1 aliphatic rings. The Kier molecular flexibility index (Phi) is 5.01. The van der Waals surface area contributed by atoms with Crippen LogP contribution in [0.25, 0.3) is 0 Å². The lowest BCUT2D eigenvalue weighted by atomic mass is 9.79. The number of hydrogen-bond donors (Lipinski definition) is 3. The van der Waals surface area contributed by atoms with Crippen LogP contribution in [0.4, 0.5) is 0 Å². The number of carboxylic acids is 1. The van der Waals surface area contributed by atoms with Gasteiger partial charge in [0.05, 0.1) is 18.6 Å². The highest BCUT2D eigenvalue weighted by atomic mass is 16.5. The Bertz CT molecular complexity index is 210. The summed E-state index contributed by atoms with van der Waals surface area (Å²) in [6, 6.07) is 0.0808. The molecule has 0 amide bonds. The van der Waals surface area contributed by atoms with Gasteiger partial charge in [-0.25, -0.2) is 0 Å². The van der Waals surface area contributed by atoms with Crippen molar-refractivity contribution in [3.63, 3.8) is 0 Å². The Morgan fingerprint density at radius 3 is 2.80 bits per heavy atom. The Labute approximate surface area is 89.4 Å². The van der Waals surface area contributed by atoms with Gasteiger partial charge in [-0.15, -0.1) is 0 Å². The molecular formula is C10H19NO4. The van der Waals surface area contributed by atoms with Gasteiger partial charge in [0.2, 0.25) is 0 Å². The Morgan fingerprint density at radius 1 is 1.60 bits per heavy atom. The van der Waals surface area contributed by atoms with Crippen LogP contribution >= 0.6 is 0 Å². The Hall–Kier alpha value is -0.650. The van der Waals surface area contributed by atoms with Crippen LogP contribution in [0.15, 0.2) is 0 Å². The SMILES string of the molecule is COCC(O)CCNC1CCC1C(=O)O. The number of aliphatic carboxylic acids is 1. The van der Waals surface area contributed by atoms with Gasteiger partial charge >= 0.3 is 5.97 Å². The van der Waals surface area contributed by atoms with Crippen molar-refractivity contribution in [3.8, 4) is 0 Å². The summed E-state index contributed by atoms with van der Waals surface area (Å²) in [4.78, 5) is 10.7. The highest BCUT2D eigenvalue weighted by molar-refractivity contribution is 5.72. The lowest BCUT2D eigenvalue weighted by molar-refractivity contribution is -0.146. The lowest BCUT2D eigenvalue weighted by Crippen LogP contribution is -2.48. The summed E-state index contributed by atoms with van der Waals surface area (Å²) in [5.74, 6) is -0.972. The summed E-state index contributed by atoms with van der Waals surface area (Å²) in [6.45, 7) is 0.966. The fourth-order valence-electron chi connectivity index (χ4n) is 1.75. The second-order valence-corrected chi connectivity index (χ2v) is 3.98. The number of nitrogens with one attached hydrogen (secondary N) is 1. The molecule has 0 spiro atoms. The van der Waals surface area contributed by atoms with E-state index in [0.717, 1.165) is 12.8 Å². The summed E-state index contributed by atoms with van der Waals surface area (Å²) >= 11 is 0. The molecule has 0 radical (unpaired) electrons. The maximum atomic E-state index is 10.7. The van der Waals surface area contributed by atoms with Crippen LogP contribution in [0.1, 0.15) is 19.3 Å². The number of ether oxygens (including phenoxy) is 1. The topological polar surface area (TPSA) is 78.8 Å². The molecule has 15 heavy (non-hydrogen) atoms. The van der Waals surface area contributed by atoms with Crippen LogP contribution in [0.2, 0.25) is 0 Å².